The van der Waals surface area contributed by atoms with E-state index in [9.17, 15) is 5.11 Å². The minimum Gasteiger partial charge on any atom is -0.388 e. The predicted octanol–water partition coefficient (Wildman–Crippen LogP) is 0.521. The first kappa shape index (κ1) is 17.0. The summed E-state index contributed by atoms with van der Waals surface area (Å²) < 4.78 is 5.48. The van der Waals surface area contributed by atoms with Crippen LogP contribution >= 0.6 is 0 Å². The van der Waals surface area contributed by atoms with Crippen molar-refractivity contribution in [1.29, 1.82) is 0 Å². The molecule has 2 N–H and O–H groups in total. The molecule has 0 spiro atoms. The quantitative estimate of drug-likeness (QED) is 0.570. The molecule has 1 aliphatic carbocycles. The third-order valence-electron chi connectivity index (χ3n) is 5.35. The summed E-state index contributed by atoms with van der Waals surface area (Å²) in [7, 11) is 0. The van der Waals surface area contributed by atoms with E-state index in [-0.39, 0.29) is 0 Å². The molecule has 6 nitrogen and oxygen atoms in total. The number of nitrogens with zero attached hydrogens (tertiary/aromatic N) is 3. The van der Waals surface area contributed by atoms with Crippen molar-refractivity contribution in [2.45, 2.75) is 38.2 Å². The fraction of sp³-hybridized carbons (Fsp3) is 0.941. The van der Waals surface area contributed by atoms with Gasteiger partial charge in [0.15, 0.2) is 5.96 Å². The fourth-order valence-corrected chi connectivity index (χ4v) is 3.63. The largest absolute Gasteiger partial charge is 0.388 e. The minimum absolute atomic E-state index is 0.537. The first-order valence-electron chi connectivity index (χ1n) is 9.24. The number of aliphatic imine (C=N–C) groups is 1. The number of nitrogens with one attached hydrogen (secondary N) is 1. The van der Waals surface area contributed by atoms with Crippen molar-refractivity contribution in [3.05, 3.63) is 0 Å². The van der Waals surface area contributed by atoms with E-state index in [0.29, 0.717) is 6.54 Å². The number of guanidine groups is 1. The highest BCUT2D eigenvalue weighted by atomic mass is 16.5. The molecule has 132 valence electrons. The molecule has 0 amide bonds. The molecule has 2 saturated heterocycles. The van der Waals surface area contributed by atoms with Crippen LogP contribution in [0.4, 0.5) is 0 Å². The van der Waals surface area contributed by atoms with Crippen LogP contribution in [0.1, 0.15) is 32.6 Å². The van der Waals surface area contributed by atoms with Crippen LogP contribution in [0.25, 0.3) is 0 Å². The van der Waals surface area contributed by atoms with Gasteiger partial charge in [-0.05, 0) is 38.5 Å². The van der Waals surface area contributed by atoms with Crippen LogP contribution in [-0.4, -0.2) is 85.5 Å². The molecule has 3 aliphatic rings. The van der Waals surface area contributed by atoms with Gasteiger partial charge in [-0.1, -0.05) is 0 Å². The summed E-state index contributed by atoms with van der Waals surface area (Å²) in [6.45, 7) is 10.7. The molecule has 23 heavy (non-hydrogen) atoms. The maximum atomic E-state index is 10.3. The average Bonchev–Trinajstić information content (AvgIpc) is 3.03. The zero-order valence-electron chi connectivity index (χ0n) is 14.5. The van der Waals surface area contributed by atoms with Crippen molar-refractivity contribution in [1.82, 2.24) is 15.1 Å². The van der Waals surface area contributed by atoms with Crippen LogP contribution in [-0.2, 0) is 4.74 Å². The second kappa shape index (κ2) is 7.81. The minimum atomic E-state index is -0.537. The second-order valence-corrected chi connectivity index (χ2v) is 7.27. The van der Waals surface area contributed by atoms with Crippen LogP contribution in [0.15, 0.2) is 4.99 Å². The highest BCUT2D eigenvalue weighted by Crippen LogP contribution is 2.31. The molecule has 0 radical (unpaired) electrons. The van der Waals surface area contributed by atoms with Crippen LogP contribution in [0.2, 0.25) is 0 Å². The Kier molecular flexibility index (Phi) is 5.77. The van der Waals surface area contributed by atoms with Gasteiger partial charge < -0.3 is 20.1 Å². The van der Waals surface area contributed by atoms with Gasteiger partial charge >= 0.3 is 0 Å². The maximum Gasteiger partial charge on any atom is 0.194 e. The molecule has 0 aromatic carbocycles. The van der Waals surface area contributed by atoms with Crippen molar-refractivity contribution in [3.8, 4) is 0 Å². The van der Waals surface area contributed by atoms with Crippen molar-refractivity contribution in [3.63, 3.8) is 0 Å². The van der Waals surface area contributed by atoms with E-state index in [2.05, 4.69) is 22.0 Å². The van der Waals surface area contributed by atoms with Crippen molar-refractivity contribution < 1.29 is 9.84 Å². The number of ether oxygens (including phenoxy) is 1. The Bertz CT molecular complexity index is 397. The molecule has 3 fully saturated rings. The third-order valence-corrected chi connectivity index (χ3v) is 5.35. The van der Waals surface area contributed by atoms with Crippen LogP contribution < -0.4 is 5.32 Å². The highest BCUT2D eigenvalue weighted by Gasteiger charge is 2.34. The third kappa shape index (κ3) is 4.58. The maximum absolute atomic E-state index is 10.3. The summed E-state index contributed by atoms with van der Waals surface area (Å²) in [5.74, 6) is 1.69. The molecule has 0 aromatic heterocycles. The van der Waals surface area contributed by atoms with Crippen LogP contribution in [0, 0.1) is 5.92 Å². The Morgan fingerprint density at radius 2 is 2.09 bits per heavy atom. The van der Waals surface area contributed by atoms with Gasteiger partial charge in [-0.25, -0.2) is 0 Å². The number of rotatable bonds is 5. The molecule has 1 atom stereocenters. The zero-order valence-corrected chi connectivity index (χ0v) is 14.5. The highest BCUT2D eigenvalue weighted by molar-refractivity contribution is 5.80. The molecule has 1 unspecified atom stereocenters. The average molecular weight is 324 g/mol. The van der Waals surface area contributed by atoms with Gasteiger partial charge in [-0.3, -0.25) is 9.89 Å². The predicted molar refractivity (Wildman–Crippen MR) is 91.7 cm³/mol. The van der Waals surface area contributed by atoms with Crippen LogP contribution in [0.5, 0.6) is 0 Å². The lowest BCUT2D eigenvalue weighted by atomic mass is 9.80. The number of aliphatic hydroxyl groups is 1. The van der Waals surface area contributed by atoms with Crippen LogP contribution in [0.3, 0.4) is 0 Å². The summed E-state index contributed by atoms with van der Waals surface area (Å²) in [5, 5.41) is 13.6. The summed E-state index contributed by atoms with van der Waals surface area (Å²) in [5.41, 5.74) is -0.537. The summed E-state index contributed by atoms with van der Waals surface area (Å²) >= 11 is 0. The smallest absolute Gasteiger partial charge is 0.194 e. The standard InChI is InChI=1S/C17H32N4O2/c1-2-18-16(19-14-17(22)5-3-6-17)21-9-7-20(8-10-21)12-15-4-11-23-13-15/h15,22H,2-14H2,1H3,(H,18,19). The van der Waals surface area contributed by atoms with Gasteiger partial charge in [0, 0.05) is 45.9 Å². The Hall–Kier alpha value is -0.850. The Morgan fingerprint density at radius 3 is 2.65 bits per heavy atom. The lowest BCUT2D eigenvalue weighted by Gasteiger charge is -2.39. The van der Waals surface area contributed by atoms with E-state index in [1.807, 2.05) is 0 Å². The van der Waals surface area contributed by atoms with E-state index < -0.39 is 5.60 Å². The zero-order chi connectivity index (χ0) is 16.1. The van der Waals surface area contributed by atoms with Gasteiger partial charge in [0.1, 0.15) is 0 Å². The molecule has 2 aliphatic heterocycles. The van der Waals surface area contributed by atoms with Gasteiger partial charge in [-0.2, -0.15) is 0 Å². The topological polar surface area (TPSA) is 60.3 Å². The molecular weight excluding hydrogens is 292 g/mol. The molecular formula is C17H32N4O2. The molecule has 2 heterocycles. The first-order chi connectivity index (χ1) is 11.2. The van der Waals surface area contributed by atoms with E-state index in [0.717, 1.165) is 77.1 Å². The Morgan fingerprint density at radius 1 is 1.30 bits per heavy atom. The summed E-state index contributed by atoms with van der Waals surface area (Å²) in [6.07, 6.45) is 4.13. The van der Waals surface area contributed by atoms with E-state index in [1.54, 1.807) is 0 Å². The Balaban J connectivity index is 1.47. The molecule has 6 heteroatoms. The van der Waals surface area contributed by atoms with Gasteiger partial charge in [0.25, 0.3) is 0 Å². The summed E-state index contributed by atoms with van der Waals surface area (Å²) in [4.78, 5) is 9.60. The van der Waals surface area contributed by atoms with E-state index in [4.69, 9.17) is 9.73 Å². The number of hydrogen-bond acceptors (Lipinski definition) is 4. The van der Waals surface area contributed by atoms with Gasteiger partial charge in [0.2, 0.25) is 0 Å². The Labute approximate surface area is 139 Å². The van der Waals surface area contributed by atoms with Crippen molar-refractivity contribution >= 4 is 5.96 Å². The molecule has 1 saturated carbocycles. The molecule has 0 bridgehead atoms. The van der Waals surface area contributed by atoms with E-state index >= 15 is 0 Å². The second-order valence-electron chi connectivity index (χ2n) is 7.27. The number of hydrogen-bond donors (Lipinski definition) is 2. The van der Waals surface area contributed by atoms with Gasteiger partial charge in [0.05, 0.1) is 18.8 Å². The fourth-order valence-electron chi connectivity index (χ4n) is 3.63. The van der Waals surface area contributed by atoms with Gasteiger partial charge in [-0.15, -0.1) is 0 Å². The molecule has 0 aromatic rings. The normalized spacial score (nSPS) is 28.7. The molecule has 3 rings (SSSR count). The lowest BCUT2D eigenvalue weighted by Crippen LogP contribution is -2.53. The van der Waals surface area contributed by atoms with E-state index in [1.165, 1.54) is 13.0 Å². The first-order valence-corrected chi connectivity index (χ1v) is 9.24. The SMILES string of the molecule is CCNC(=NCC1(O)CCC1)N1CCN(CC2CCOC2)CC1. The monoisotopic (exact) mass is 324 g/mol. The summed E-state index contributed by atoms with van der Waals surface area (Å²) in [6, 6.07) is 0. The lowest BCUT2D eigenvalue weighted by molar-refractivity contribution is -0.0238. The van der Waals surface area contributed by atoms with Crippen molar-refractivity contribution in [2.75, 3.05) is 59.0 Å². The number of piperazine rings is 1. The van der Waals surface area contributed by atoms with Crippen molar-refractivity contribution in [2.24, 2.45) is 10.9 Å².